The minimum atomic E-state index is 0.177. The van der Waals surface area contributed by atoms with Gasteiger partial charge in [0.2, 0.25) is 0 Å². The van der Waals surface area contributed by atoms with E-state index in [0.717, 1.165) is 68.1 Å². The highest BCUT2D eigenvalue weighted by molar-refractivity contribution is 5.97. The molecule has 0 N–H and O–H groups in total. The van der Waals surface area contributed by atoms with Crippen LogP contribution in [0.2, 0.25) is 0 Å². The normalized spacial score (nSPS) is 18.3. The van der Waals surface area contributed by atoms with Crippen molar-refractivity contribution in [3.8, 4) is 5.69 Å². The van der Waals surface area contributed by atoms with E-state index in [9.17, 15) is 4.79 Å². The molecule has 1 amide bonds. The van der Waals surface area contributed by atoms with Crippen LogP contribution in [0.4, 0.5) is 0 Å². The Morgan fingerprint density at radius 3 is 2.46 bits per heavy atom. The van der Waals surface area contributed by atoms with Crippen LogP contribution in [0.3, 0.4) is 0 Å². The number of carbonyl (C=O) groups is 1. The van der Waals surface area contributed by atoms with Crippen molar-refractivity contribution in [2.45, 2.75) is 39.0 Å². The first-order chi connectivity index (χ1) is 12.6. The summed E-state index contributed by atoms with van der Waals surface area (Å²) >= 11 is 0. The van der Waals surface area contributed by atoms with Crippen molar-refractivity contribution in [2.75, 3.05) is 33.2 Å². The molecule has 2 aliphatic rings. The van der Waals surface area contributed by atoms with Gasteiger partial charge in [-0.1, -0.05) is 25.1 Å². The fourth-order valence-electron chi connectivity index (χ4n) is 3.84. The molecule has 0 unspecified atom stereocenters. The average molecular weight is 352 g/mol. The largest absolute Gasteiger partial charge is 0.336 e. The molecule has 0 radical (unpaired) electrons. The van der Waals surface area contributed by atoms with E-state index in [4.69, 9.17) is 5.10 Å². The van der Waals surface area contributed by atoms with Gasteiger partial charge >= 0.3 is 0 Å². The van der Waals surface area contributed by atoms with Gasteiger partial charge in [-0.25, -0.2) is 4.68 Å². The summed E-state index contributed by atoms with van der Waals surface area (Å²) in [6, 6.07) is 8.30. The van der Waals surface area contributed by atoms with Gasteiger partial charge in [0.1, 0.15) is 0 Å². The standard InChI is InChI=1S/C21H28N4O/c1-4-17-19(21(26)24-13-11-23(3)12-14-24)20(16-9-10-16)22-25(17)18-8-6-5-7-15(18)2/h5-8,16H,4,9-14H2,1-3H3. The quantitative estimate of drug-likeness (QED) is 0.849. The first kappa shape index (κ1) is 17.3. The topological polar surface area (TPSA) is 41.4 Å². The van der Waals surface area contributed by atoms with Crippen molar-refractivity contribution in [2.24, 2.45) is 0 Å². The zero-order valence-corrected chi connectivity index (χ0v) is 16.0. The maximum absolute atomic E-state index is 13.4. The minimum Gasteiger partial charge on any atom is -0.336 e. The fraction of sp³-hybridized carbons (Fsp3) is 0.524. The molecule has 1 aliphatic carbocycles. The van der Waals surface area contributed by atoms with E-state index in [1.165, 1.54) is 5.56 Å². The number of aromatic nitrogens is 2. The lowest BCUT2D eigenvalue weighted by atomic mass is 10.1. The van der Waals surface area contributed by atoms with Gasteiger partial charge in [0, 0.05) is 32.1 Å². The number of carbonyl (C=O) groups excluding carboxylic acids is 1. The van der Waals surface area contributed by atoms with Crippen LogP contribution >= 0.6 is 0 Å². The smallest absolute Gasteiger partial charge is 0.257 e. The first-order valence-corrected chi connectivity index (χ1v) is 9.75. The molecule has 1 aliphatic heterocycles. The number of nitrogens with zero attached hydrogens (tertiary/aromatic N) is 4. The van der Waals surface area contributed by atoms with E-state index >= 15 is 0 Å². The van der Waals surface area contributed by atoms with Crippen molar-refractivity contribution >= 4 is 5.91 Å². The predicted molar refractivity (Wildman–Crippen MR) is 103 cm³/mol. The van der Waals surface area contributed by atoms with E-state index < -0.39 is 0 Å². The molecule has 138 valence electrons. The highest BCUT2D eigenvalue weighted by Crippen LogP contribution is 2.42. The van der Waals surface area contributed by atoms with Gasteiger partial charge < -0.3 is 9.80 Å². The Bertz CT molecular complexity index is 813. The van der Waals surface area contributed by atoms with Crippen LogP contribution in [0.25, 0.3) is 5.69 Å². The van der Waals surface area contributed by atoms with E-state index in [2.05, 4.69) is 37.9 Å². The zero-order chi connectivity index (χ0) is 18.3. The van der Waals surface area contributed by atoms with Crippen molar-refractivity contribution in [1.29, 1.82) is 0 Å². The van der Waals surface area contributed by atoms with Crippen LogP contribution in [0, 0.1) is 6.92 Å². The monoisotopic (exact) mass is 352 g/mol. The molecule has 0 spiro atoms. The van der Waals surface area contributed by atoms with E-state index in [1.54, 1.807) is 0 Å². The maximum atomic E-state index is 13.4. The summed E-state index contributed by atoms with van der Waals surface area (Å²) in [5.74, 6) is 0.633. The van der Waals surface area contributed by atoms with Crippen molar-refractivity contribution in [3.05, 3.63) is 46.8 Å². The summed E-state index contributed by atoms with van der Waals surface area (Å²) in [6.45, 7) is 7.73. The van der Waals surface area contributed by atoms with Crippen LogP contribution in [0.5, 0.6) is 0 Å². The molecular weight excluding hydrogens is 324 g/mol. The van der Waals surface area contributed by atoms with Crippen LogP contribution < -0.4 is 0 Å². The molecule has 5 heteroatoms. The Labute approximate surface area is 155 Å². The highest BCUT2D eigenvalue weighted by atomic mass is 16.2. The number of para-hydroxylation sites is 1. The molecule has 1 saturated carbocycles. The van der Waals surface area contributed by atoms with Gasteiger partial charge in [0.25, 0.3) is 5.91 Å². The number of aryl methyl sites for hydroxylation is 1. The third-order valence-electron chi connectivity index (χ3n) is 5.66. The van der Waals surface area contributed by atoms with Crippen LogP contribution in [0.1, 0.15) is 53.0 Å². The Kier molecular flexibility index (Phi) is 4.57. The van der Waals surface area contributed by atoms with Crippen LogP contribution in [-0.4, -0.2) is 58.7 Å². The minimum absolute atomic E-state index is 0.177. The van der Waals surface area contributed by atoms with Gasteiger partial charge in [0.15, 0.2) is 0 Å². The molecule has 0 bridgehead atoms. The van der Waals surface area contributed by atoms with Crippen molar-refractivity contribution in [1.82, 2.24) is 19.6 Å². The van der Waals surface area contributed by atoms with Gasteiger partial charge in [-0.2, -0.15) is 5.10 Å². The van der Waals surface area contributed by atoms with Crippen LogP contribution in [0.15, 0.2) is 24.3 Å². The molecule has 1 aromatic carbocycles. The summed E-state index contributed by atoms with van der Waals surface area (Å²) in [5, 5.41) is 4.96. The fourth-order valence-corrected chi connectivity index (χ4v) is 3.84. The van der Waals surface area contributed by atoms with Gasteiger partial charge in [0.05, 0.1) is 22.6 Å². The maximum Gasteiger partial charge on any atom is 0.257 e. The summed E-state index contributed by atoms with van der Waals surface area (Å²) in [4.78, 5) is 17.7. The molecule has 2 fully saturated rings. The van der Waals surface area contributed by atoms with E-state index in [-0.39, 0.29) is 5.91 Å². The summed E-state index contributed by atoms with van der Waals surface area (Å²) in [7, 11) is 2.12. The SMILES string of the molecule is CCc1c(C(=O)N2CCN(C)CC2)c(C2CC2)nn1-c1ccccc1C. The molecule has 4 rings (SSSR count). The Morgan fingerprint density at radius 1 is 1.15 bits per heavy atom. The molecule has 2 heterocycles. The Hall–Kier alpha value is -2.14. The van der Waals surface area contributed by atoms with E-state index in [0.29, 0.717) is 5.92 Å². The second kappa shape index (κ2) is 6.88. The Balaban J connectivity index is 1.78. The van der Waals surface area contributed by atoms with Crippen LogP contribution in [-0.2, 0) is 6.42 Å². The molecule has 5 nitrogen and oxygen atoms in total. The van der Waals surface area contributed by atoms with E-state index in [1.807, 2.05) is 21.7 Å². The van der Waals surface area contributed by atoms with Crippen molar-refractivity contribution in [3.63, 3.8) is 0 Å². The third-order valence-corrected chi connectivity index (χ3v) is 5.66. The molecule has 0 atom stereocenters. The summed E-state index contributed by atoms with van der Waals surface area (Å²) in [5.41, 5.74) is 5.23. The molecule has 1 aromatic heterocycles. The lowest BCUT2D eigenvalue weighted by Crippen LogP contribution is -2.47. The molecule has 2 aromatic rings. The lowest BCUT2D eigenvalue weighted by Gasteiger charge is -2.32. The molecule has 26 heavy (non-hydrogen) atoms. The third kappa shape index (κ3) is 3.05. The number of likely N-dealkylation sites (N-methyl/N-ethyl adjacent to an activating group) is 1. The number of piperazine rings is 1. The first-order valence-electron chi connectivity index (χ1n) is 9.75. The number of hydrogen-bond acceptors (Lipinski definition) is 3. The number of benzene rings is 1. The second-order valence-electron chi connectivity index (χ2n) is 7.63. The number of rotatable bonds is 4. The molecular formula is C21H28N4O. The summed E-state index contributed by atoms with van der Waals surface area (Å²) < 4.78 is 2.03. The highest BCUT2D eigenvalue weighted by Gasteiger charge is 2.36. The van der Waals surface area contributed by atoms with Gasteiger partial charge in [-0.15, -0.1) is 0 Å². The predicted octanol–water partition coefficient (Wildman–Crippen LogP) is 3.01. The number of amides is 1. The average Bonchev–Trinajstić information content (AvgIpc) is 3.42. The number of hydrogen-bond donors (Lipinski definition) is 0. The zero-order valence-electron chi connectivity index (χ0n) is 16.0. The summed E-state index contributed by atoms with van der Waals surface area (Å²) in [6.07, 6.45) is 3.11. The Morgan fingerprint density at radius 2 is 1.85 bits per heavy atom. The van der Waals surface area contributed by atoms with Crippen molar-refractivity contribution < 1.29 is 4.79 Å². The second-order valence-corrected chi connectivity index (χ2v) is 7.63. The van der Waals surface area contributed by atoms with Gasteiger partial charge in [-0.05, 0) is 44.9 Å². The lowest BCUT2D eigenvalue weighted by molar-refractivity contribution is 0.0662. The molecule has 1 saturated heterocycles. The van der Waals surface area contributed by atoms with Gasteiger partial charge in [-0.3, -0.25) is 4.79 Å².